The van der Waals surface area contributed by atoms with Gasteiger partial charge in [-0.2, -0.15) is 0 Å². The molecule has 1 aliphatic rings. The maximum atomic E-state index is 9.50. The minimum absolute atomic E-state index is 0.150. The Bertz CT molecular complexity index is 367. The van der Waals surface area contributed by atoms with Crippen molar-refractivity contribution in [1.29, 1.82) is 0 Å². The van der Waals surface area contributed by atoms with Gasteiger partial charge in [-0.05, 0) is 24.1 Å². The van der Waals surface area contributed by atoms with Gasteiger partial charge in [-0.1, -0.05) is 15.9 Å². The quantitative estimate of drug-likeness (QED) is 0.852. The highest BCUT2D eigenvalue weighted by Crippen LogP contribution is 2.45. The summed E-state index contributed by atoms with van der Waals surface area (Å²) in [5.41, 5.74) is 6.89. The molecule has 2 atom stereocenters. The van der Waals surface area contributed by atoms with Crippen LogP contribution >= 0.6 is 15.9 Å². The van der Waals surface area contributed by atoms with E-state index in [2.05, 4.69) is 15.9 Å². The molecule has 1 aromatic rings. The number of nitrogens with two attached hydrogens (primary N) is 1. The van der Waals surface area contributed by atoms with Crippen LogP contribution in [0.1, 0.15) is 17.9 Å². The number of benzene rings is 1. The Labute approximate surface area is 91.0 Å². The molecule has 0 heterocycles. The second-order valence-electron chi connectivity index (χ2n) is 3.55. The first-order valence-corrected chi connectivity index (χ1v) is 5.24. The van der Waals surface area contributed by atoms with Gasteiger partial charge >= 0.3 is 0 Å². The van der Waals surface area contributed by atoms with E-state index in [-0.39, 0.29) is 11.8 Å². The van der Waals surface area contributed by atoms with Crippen molar-refractivity contribution < 1.29 is 9.84 Å². The number of methoxy groups -OCH3 is 1. The second kappa shape index (κ2) is 3.44. The van der Waals surface area contributed by atoms with E-state index in [1.807, 2.05) is 6.07 Å². The highest BCUT2D eigenvalue weighted by molar-refractivity contribution is 9.10. The van der Waals surface area contributed by atoms with Crippen LogP contribution in [0.2, 0.25) is 0 Å². The van der Waals surface area contributed by atoms with E-state index in [0.29, 0.717) is 11.7 Å². The molecule has 4 heteroatoms. The molecule has 2 rings (SSSR count). The van der Waals surface area contributed by atoms with Crippen molar-refractivity contribution in [3.05, 3.63) is 22.2 Å². The van der Waals surface area contributed by atoms with Crippen molar-refractivity contribution >= 4 is 15.9 Å². The Balaban J connectivity index is 2.40. The summed E-state index contributed by atoms with van der Waals surface area (Å²) in [6, 6.07) is 3.75. The minimum atomic E-state index is 0.150. The SMILES string of the molecule is COc1cc(C2CC2N)c(Br)cc1O. The summed E-state index contributed by atoms with van der Waals surface area (Å²) >= 11 is 3.41. The van der Waals surface area contributed by atoms with Crippen LogP contribution in [0.5, 0.6) is 11.5 Å². The fourth-order valence-electron chi connectivity index (χ4n) is 1.58. The zero-order valence-electron chi connectivity index (χ0n) is 7.83. The van der Waals surface area contributed by atoms with Crippen LogP contribution in [0, 0.1) is 0 Å². The minimum Gasteiger partial charge on any atom is -0.504 e. The van der Waals surface area contributed by atoms with Gasteiger partial charge in [-0.25, -0.2) is 0 Å². The molecule has 1 saturated carbocycles. The molecule has 14 heavy (non-hydrogen) atoms. The van der Waals surface area contributed by atoms with Gasteiger partial charge in [0.1, 0.15) is 0 Å². The highest BCUT2D eigenvalue weighted by atomic mass is 79.9. The van der Waals surface area contributed by atoms with E-state index in [1.54, 1.807) is 13.2 Å². The predicted octanol–water partition coefficient (Wildman–Crippen LogP) is 1.98. The number of hydrogen-bond acceptors (Lipinski definition) is 3. The van der Waals surface area contributed by atoms with Gasteiger partial charge < -0.3 is 15.6 Å². The van der Waals surface area contributed by atoms with Crippen molar-refractivity contribution in [2.75, 3.05) is 7.11 Å². The van der Waals surface area contributed by atoms with Crippen molar-refractivity contribution in [2.24, 2.45) is 5.73 Å². The lowest BCUT2D eigenvalue weighted by Crippen LogP contribution is -2.01. The molecule has 3 nitrogen and oxygen atoms in total. The molecule has 3 N–H and O–H groups in total. The smallest absolute Gasteiger partial charge is 0.160 e. The molecule has 0 saturated heterocycles. The van der Waals surface area contributed by atoms with E-state index in [4.69, 9.17) is 10.5 Å². The van der Waals surface area contributed by atoms with E-state index < -0.39 is 0 Å². The maximum absolute atomic E-state index is 9.50. The Morgan fingerprint density at radius 3 is 2.71 bits per heavy atom. The predicted molar refractivity (Wildman–Crippen MR) is 57.7 cm³/mol. The normalized spacial score (nSPS) is 24.8. The first kappa shape index (κ1) is 9.80. The van der Waals surface area contributed by atoms with Crippen LogP contribution in [-0.2, 0) is 0 Å². The lowest BCUT2D eigenvalue weighted by atomic mass is 10.1. The number of aromatic hydroxyl groups is 1. The third kappa shape index (κ3) is 1.60. The average molecular weight is 258 g/mol. The van der Waals surface area contributed by atoms with Gasteiger partial charge in [0.25, 0.3) is 0 Å². The van der Waals surface area contributed by atoms with Crippen LogP contribution in [-0.4, -0.2) is 18.3 Å². The molecule has 0 spiro atoms. The van der Waals surface area contributed by atoms with Crippen molar-refractivity contribution in [3.63, 3.8) is 0 Å². The van der Waals surface area contributed by atoms with E-state index >= 15 is 0 Å². The Morgan fingerprint density at radius 1 is 1.57 bits per heavy atom. The monoisotopic (exact) mass is 257 g/mol. The summed E-state index contributed by atoms with van der Waals surface area (Å²) in [7, 11) is 1.54. The Hall–Kier alpha value is -0.740. The van der Waals surface area contributed by atoms with Crippen molar-refractivity contribution in [2.45, 2.75) is 18.4 Å². The molecular weight excluding hydrogens is 246 g/mol. The van der Waals surface area contributed by atoms with Gasteiger partial charge in [0.2, 0.25) is 0 Å². The zero-order valence-corrected chi connectivity index (χ0v) is 9.41. The van der Waals surface area contributed by atoms with Crippen LogP contribution < -0.4 is 10.5 Å². The summed E-state index contributed by atoms with van der Waals surface area (Å²) in [6.45, 7) is 0. The largest absolute Gasteiger partial charge is 0.504 e. The fourth-order valence-corrected chi connectivity index (χ4v) is 2.20. The number of phenols is 1. The highest BCUT2D eigenvalue weighted by Gasteiger charge is 2.36. The first-order valence-electron chi connectivity index (χ1n) is 4.45. The molecule has 0 aliphatic heterocycles. The first-order chi connectivity index (χ1) is 6.63. The van der Waals surface area contributed by atoms with Gasteiger partial charge in [-0.3, -0.25) is 0 Å². The third-order valence-corrected chi connectivity index (χ3v) is 3.22. The molecule has 1 aromatic carbocycles. The van der Waals surface area contributed by atoms with E-state index in [1.165, 1.54) is 0 Å². The summed E-state index contributed by atoms with van der Waals surface area (Å²) in [4.78, 5) is 0. The van der Waals surface area contributed by atoms with Crippen molar-refractivity contribution in [1.82, 2.24) is 0 Å². The molecule has 1 aliphatic carbocycles. The van der Waals surface area contributed by atoms with E-state index in [9.17, 15) is 5.11 Å². The van der Waals surface area contributed by atoms with E-state index in [0.717, 1.165) is 16.5 Å². The third-order valence-electron chi connectivity index (χ3n) is 2.54. The van der Waals surface area contributed by atoms with Crippen LogP contribution in [0.15, 0.2) is 16.6 Å². The zero-order chi connectivity index (χ0) is 10.3. The van der Waals surface area contributed by atoms with Crippen molar-refractivity contribution in [3.8, 4) is 11.5 Å². The molecular formula is C10H12BrNO2. The molecule has 0 bridgehead atoms. The summed E-state index contributed by atoms with van der Waals surface area (Å²) in [5.74, 6) is 1.05. The molecule has 0 aromatic heterocycles. The van der Waals surface area contributed by atoms with Gasteiger partial charge in [0.05, 0.1) is 7.11 Å². The number of phenolic OH excluding ortho intramolecular Hbond substituents is 1. The number of ether oxygens (including phenoxy) is 1. The topological polar surface area (TPSA) is 55.5 Å². The number of rotatable bonds is 2. The molecule has 76 valence electrons. The van der Waals surface area contributed by atoms with Gasteiger partial charge in [-0.15, -0.1) is 0 Å². The molecule has 1 fully saturated rings. The van der Waals surface area contributed by atoms with Gasteiger partial charge in [0.15, 0.2) is 11.5 Å². The molecule has 0 amide bonds. The Morgan fingerprint density at radius 2 is 2.21 bits per heavy atom. The standard InChI is InChI=1S/C10H12BrNO2/c1-14-10-3-5(6-2-8(6)12)7(11)4-9(10)13/h3-4,6,8,13H,2,12H2,1H3. The maximum Gasteiger partial charge on any atom is 0.160 e. The van der Waals surface area contributed by atoms with Crippen LogP contribution in [0.25, 0.3) is 0 Å². The Kier molecular flexibility index (Phi) is 2.41. The fraction of sp³-hybridized carbons (Fsp3) is 0.400. The lowest BCUT2D eigenvalue weighted by Gasteiger charge is -2.08. The molecule has 2 unspecified atom stereocenters. The second-order valence-corrected chi connectivity index (χ2v) is 4.41. The summed E-state index contributed by atoms with van der Waals surface area (Å²) in [5, 5.41) is 9.50. The molecule has 0 radical (unpaired) electrons. The average Bonchev–Trinajstić information content (AvgIpc) is 2.83. The van der Waals surface area contributed by atoms with Crippen LogP contribution in [0.3, 0.4) is 0 Å². The lowest BCUT2D eigenvalue weighted by molar-refractivity contribution is 0.372. The van der Waals surface area contributed by atoms with Gasteiger partial charge in [0, 0.05) is 16.4 Å². The summed E-state index contributed by atoms with van der Waals surface area (Å²) in [6.07, 6.45) is 1.01. The number of halogens is 1. The van der Waals surface area contributed by atoms with Crippen LogP contribution in [0.4, 0.5) is 0 Å². The number of hydrogen-bond donors (Lipinski definition) is 2. The summed E-state index contributed by atoms with van der Waals surface area (Å²) < 4.78 is 5.94.